The van der Waals surface area contributed by atoms with E-state index in [1.807, 2.05) is 0 Å². The molecule has 0 fully saturated rings. The fraction of sp³-hybridized carbons (Fsp3) is 0.333. The van der Waals surface area contributed by atoms with E-state index in [-0.39, 0.29) is 5.97 Å². The molecule has 0 bridgehead atoms. The molecule has 4 nitrogen and oxygen atoms in total. The lowest BCUT2D eigenvalue weighted by atomic mass is 10.4. The molecule has 0 amide bonds. The zero-order valence-corrected chi connectivity index (χ0v) is 7.87. The Bertz CT molecular complexity index is 206. The van der Waals surface area contributed by atoms with E-state index in [9.17, 15) is 9.59 Å². The van der Waals surface area contributed by atoms with E-state index in [1.54, 1.807) is 13.8 Å². The van der Waals surface area contributed by atoms with Gasteiger partial charge >= 0.3 is 11.9 Å². The molecular formula is C9H14O4. The molecule has 0 saturated carbocycles. The Kier molecular flexibility index (Phi) is 9.15. The predicted molar refractivity (Wildman–Crippen MR) is 49.3 cm³/mol. The molecule has 13 heavy (non-hydrogen) atoms. The highest BCUT2D eigenvalue weighted by atomic mass is 16.5. The lowest BCUT2D eigenvalue weighted by molar-refractivity contribution is -0.138. The summed E-state index contributed by atoms with van der Waals surface area (Å²) in [6.07, 6.45) is 0.833. The van der Waals surface area contributed by atoms with Gasteiger partial charge in [-0.25, -0.2) is 9.59 Å². The van der Waals surface area contributed by atoms with Crippen LogP contribution in [0.15, 0.2) is 24.8 Å². The molecule has 0 rings (SSSR count). The third-order valence-electron chi connectivity index (χ3n) is 0.799. The Morgan fingerprint density at radius 1 is 1.54 bits per heavy atom. The normalized spacial score (nSPS) is 7.54. The molecule has 0 spiro atoms. The minimum atomic E-state index is -0.981. The third kappa shape index (κ3) is 13.4. The maximum absolute atomic E-state index is 10.4. The van der Waals surface area contributed by atoms with Gasteiger partial charge in [-0.05, 0) is 13.8 Å². The zero-order chi connectivity index (χ0) is 10.9. The van der Waals surface area contributed by atoms with Gasteiger partial charge in [0, 0.05) is 11.6 Å². The predicted octanol–water partition coefficient (Wildman–Crippen LogP) is 1.38. The van der Waals surface area contributed by atoms with Crippen molar-refractivity contribution in [3.8, 4) is 0 Å². The van der Waals surface area contributed by atoms with Crippen molar-refractivity contribution in [2.75, 3.05) is 6.61 Å². The average Bonchev–Trinajstić information content (AvgIpc) is 2.06. The number of carbonyl (C=O) groups is 2. The van der Waals surface area contributed by atoms with Gasteiger partial charge in [0.05, 0.1) is 6.61 Å². The largest absolute Gasteiger partial charge is 0.478 e. The van der Waals surface area contributed by atoms with E-state index in [2.05, 4.69) is 17.9 Å². The Labute approximate surface area is 77.5 Å². The second-order valence-electron chi connectivity index (χ2n) is 2.04. The molecule has 0 aromatic heterocycles. The Hall–Kier alpha value is -1.58. The monoisotopic (exact) mass is 186 g/mol. The van der Waals surface area contributed by atoms with Crippen LogP contribution < -0.4 is 0 Å². The van der Waals surface area contributed by atoms with Crippen molar-refractivity contribution < 1.29 is 19.4 Å². The van der Waals surface area contributed by atoms with E-state index in [4.69, 9.17) is 5.11 Å². The van der Waals surface area contributed by atoms with Crippen molar-refractivity contribution in [2.24, 2.45) is 0 Å². The van der Waals surface area contributed by atoms with Crippen LogP contribution in [0.3, 0.4) is 0 Å². The lowest BCUT2D eigenvalue weighted by Crippen LogP contribution is -2.03. The lowest BCUT2D eigenvalue weighted by Gasteiger charge is -1.96. The topological polar surface area (TPSA) is 63.6 Å². The number of hydrogen-bond acceptors (Lipinski definition) is 3. The Morgan fingerprint density at radius 3 is 2.00 bits per heavy atom. The van der Waals surface area contributed by atoms with E-state index < -0.39 is 5.97 Å². The summed E-state index contributed by atoms with van der Waals surface area (Å²) in [7, 11) is 0. The molecule has 0 aromatic carbocycles. The summed E-state index contributed by atoms with van der Waals surface area (Å²) in [5, 5.41) is 7.60. The first-order chi connectivity index (χ1) is 5.95. The van der Waals surface area contributed by atoms with Crippen LogP contribution in [0, 0.1) is 0 Å². The van der Waals surface area contributed by atoms with Crippen LogP contribution in [0.25, 0.3) is 0 Å². The number of carbonyl (C=O) groups excluding carboxylic acids is 1. The highest BCUT2D eigenvalue weighted by Crippen LogP contribution is 1.89. The summed E-state index contributed by atoms with van der Waals surface area (Å²) in [6.45, 7) is 10.2. The molecule has 0 aliphatic carbocycles. The SMILES string of the molecule is C=C(C)C(=O)OCC.C=CC(=O)O. The molecule has 0 saturated heterocycles. The number of carboxylic acid groups (broad SMARTS) is 1. The minimum absolute atomic E-state index is 0.312. The van der Waals surface area contributed by atoms with Crippen LogP contribution in [0.4, 0.5) is 0 Å². The van der Waals surface area contributed by atoms with Crippen LogP contribution in [-0.4, -0.2) is 23.7 Å². The first-order valence-corrected chi connectivity index (χ1v) is 3.63. The van der Waals surface area contributed by atoms with Crippen LogP contribution in [0.2, 0.25) is 0 Å². The maximum atomic E-state index is 10.4. The fourth-order valence-electron chi connectivity index (χ4n) is 0.254. The van der Waals surface area contributed by atoms with Gasteiger partial charge in [0.25, 0.3) is 0 Å². The molecule has 0 aliphatic rings. The quantitative estimate of drug-likeness (QED) is 0.534. The van der Waals surface area contributed by atoms with Gasteiger partial charge < -0.3 is 9.84 Å². The van der Waals surface area contributed by atoms with Gasteiger partial charge in [-0.3, -0.25) is 0 Å². The highest BCUT2D eigenvalue weighted by molar-refractivity contribution is 5.86. The highest BCUT2D eigenvalue weighted by Gasteiger charge is 1.98. The molecule has 74 valence electrons. The molecule has 0 aliphatic heterocycles. The molecule has 0 radical (unpaired) electrons. The second kappa shape index (κ2) is 8.52. The summed E-state index contributed by atoms with van der Waals surface area (Å²) in [5.41, 5.74) is 0.451. The molecule has 0 unspecified atom stereocenters. The Morgan fingerprint density at radius 2 is 1.92 bits per heavy atom. The fourth-order valence-corrected chi connectivity index (χ4v) is 0.254. The Balaban J connectivity index is 0. The van der Waals surface area contributed by atoms with Gasteiger partial charge in [-0.1, -0.05) is 13.2 Å². The molecule has 1 N–H and O–H groups in total. The average molecular weight is 186 g/mol. The molecule has 0 aromatic rings. The van der Waals surface area contributed by atoms with Gasteiger partial charge in [-0.15, -0.1) is 0 Å². The third-order valence-corrected chi connectivity index (χ3v) is 0.799. The van der Waals surface area contributed by atoms with E-state index in [1.165, 1.54) is 0 Å². The number of esters is 1. The van der Waals surface area contributed by atoms with Gasteiger partial charge in [-0.2, -0.15) is 0 Å². The summed E-state index contributed by atoms with van der Waals surface area (Å²) < 4.78 is 4.56. The first-order valence-electron chi connectivity index (χ1n) is 3.63. The standard InChI is InChI=1S/C6H10O2.C3H4O2/c1-4-8-6(7)5(2)3;1-2-3(4)5/h2,4H2,1,3H3;2H,1H2,(H,4,5). The number of hydrogen-bond donors (Lipinski definition) is 1. The summed E-state index contributed by atoms with van der Waals surface area (Å²) in [4.78, 5) is 19.7. The van der Waals surface area contributed by atoms with Gasteiger partial charge in [0.1, 0.15) is 0 Å². The van der Waals surface area contributed by atoms with Crippen molar-refractivity contribution >= 4 is 11.9 Å². The van der Waals surface area contributed by atoms with Crippen LogP contribution in [-0.2, 0) is 14.3 Å². The van der Waals surface area contributed by atoms with Crippen molar-refractivity contribution in [2.45, 2.75) is 13.8 Å². The first kappa shape index (κ1) is 14.0. The molecule has 0 atom stereocenters. The molecule has 4 heteroatoms. The van der Waals surface area contributed by atoms with Crippen molar-refractivity contribution in [1.82, 2.24) is 0 Å². The van der Waals surface area contributed by atoms with Crippen LogP contribution in [0.1, 0.15) is 13.8 Å². The van der Waals surface area contributed by atoms with E-state index in [0.29, 0.717) is 12.2 Å². The summed E-state index contributed by atoms with van der Waals surface area (Å²) >= 11 is 0. The number of carboxylic acids is 1. The second-order valence-corrected chi connectivity index (χ2v) is 2.04. The van der Waals surface area contributed by atoms with Gasteiger partial charge in [0.2, 0.25) is 0 Å². The van der Waals surface area contributed by atoms with Crippen molar-refractivity contribution in [3.63, 3.8) is 0 Å². The number of ether oxygens (including phenoxy) is 1. The van der Waals surface area contributed by atoms with Crippen LogP contribution >= 0.6 is 0 Å². The minimum Gasteiger partial charge on any atom is -0.478 e. The zero-order valence-electron chi connectivity index (χ0n) is 7.87. The van der Waals surface area contributed by atoms with E-state index >= 15 is 0 Å². The summed E-state index contributed by atoms with van der Waals surface area (Å²) in [6, 6.07) is 0. The van der Waals surface area contributed by atoms with E-state index in [0.717, 1.165) is 6.08 Å². The number of rotatable bonds is 3. The number of aliphatic carboxylic acids is 1. The molecule has 0 heterocycles. The summed E-state index contributed by atoms with van der Waals surface area (Å²) in [5.74, 6) is -1.29. The van der Waals surface area contributed by atoms with Crippen molar-refractivity contribution in [1.29, 1.82) is 0 Å². The van der Waals surface area contributed by atoms with Crippen LogP contribution in [0.5, 0.6) is 0 Å². The molecular weight excluding hydrogens is 172 g/mol. The smallest absolute Gasteiger partial charge is 0.333 e. The van der Waals surface area contributed by atoms with Crippen molar-refractivity contribution in [3.05, 3.63) is 24.8 Å². The maximum Gasteiger partial charge on any atom is 0.333 e. The van der Waals surface area contributed by atoms with Gasteiger partial charge in [0.15, 0.2) is 0 Å².